The topological polar surface area (TPSA) is 3.24 Å². The average molecular weight is 290 g/mol. The molecule has 1 fully saturated rings. The van der Waals surface area contributed by atoms with Gasteiger partial charge in [-0.1, -0.05) is 30.5 Å². The van der Waals surface area contributed by atoms with E-state index in [4.69, 9.17) is 23.2 Å². The van der Waals surface area contributed by atoms with Gasteiger partial charge in [-0.05, 0) is 31.5 Å². The van der Waals surface area contributed by atoms with Crippen molar-refractivity contribution in [1.82, 2.24) is 4.90 Å². The average Bonchev–Trinajstić information content (AvgIpc) is 2.57. The number of hydrogen-bond acceptors (Lipinski definition) is 1. The van der Waals surface area contributed by atoms with Gasteiger partial charge in [0.15, 0.2) is 0 Å². The molecule has 1 aromatic rings. The van der Waals surface area contributed by atoms with Crippen LogP contribution in [0.5, 0.6) is 0 Å². The Hall–Kier alpha value is -0.310. The fourth-order valence-electron chi connectivity index (χ4n) is 2.49. The van der Waals surface area contributed by atoms with Crippen molar-refractivity contribution in [3.8, 4) is 0 Å². The SMILES string of the molecule is Fc1cc(Cl)ccc1CN1CCCCCC1CCl. The third kappa shape index (κ3) is 3.59. The molecule has 0 N–H and O–H groups in total. The van der Waals surface area contributed by atoms with Gasteiger partial charge in [-0.25, -0.2) is 4.39 Å². The minimum atomic E-state index is -0.222. The molecule has 1 saturated heterocycles. The first-order valence-electron chi connectivity index (χ1n) is 6.44. The molecule has 18 heavy (non-hydrogen) atoms. The zero-order valence-electron chi connectivity index (χ0n) is 10.3. The lowest BCUT2D eigenvalue weighted by atomic mass is 10.1. The number of alkyl halides is 1. The number of hydrogen-bond donors (Lipinski definition) is 0. The summed E-state index contributed by atoms with van der Waals surface area (Å²) in [6.45, 7) is 1.62. The molecule has 0 bridgehead atoms. The van der Waals surface area contributed by atoms with Gasteiger partial charge in [0.1, 0.15) is 5.82 Å². The molecular weight excluding hydrogens is 272 g/mol. The quantitative estimate of drug-likeness (QED) is 0.743. The largest absolute Gasteiger partial charge is 0.295 e. The summed E-state index contributed by atoms with van der Waals surface area (Å²) in [5.41, 5.74) is 0.705. The van der Waals surface area contributed by atoms with Gasteiger partial charge in [0.2, 0.25) is 0 Å². The predicted octanol–water partition coefficient (Wildman–Crippen LogP) is 4.46. The molecule has 0 saturated carbocycles. The summed E-state index contributed by atoms with van der Waals surface area (Å²) < 4.78 is 13.8. The van der Waals surface area contributed by atoms with Gasteiger partial charge in [0, 0.05) is 29.1 Å². The van der Waals surface area contributed by atoms with Crippen LogP contribution >= 0.6 is 23.2 Å². The van der Waals surface area contributed by atoms with Gasteiger partial charge in [-0.2, -0.15) is 0 Å². The van der Waals surface area contributed by atoms with E-state index in [2.05, 4.69) is 4.90 Å². The van der Waals surface area contributed by atoms with Crippen LogP contribution in [0.25, 0.3) is 0 Å². The summed E-state index contributed by atoms with van der Waals surface area (Å²) in [6.07, 6.45) is 4.74. The molecule has 1 unspecified atom stereocenters. The Morgan fingerprint density at radius 1 is 1.28 bits per heavy atom. The minimum absolute atomic E-state index is 0.222. The predicted molar refractivity (Wildman–Crippen MR) is 74.8 cm³/mol. The van der Waals surface area contributed by atoms with E-state index in [0.29, 0.717) is 29.1 Å². The molecular formula is C14H18Cl2FN. The molecule has 1 heterocycles. The Balaban J connectivity index is 2.10. The fraction of sp³-hybridized carbons (Fsp3) is 0.571. The van der Waals surface area contributed by atoms with E-state index in [1.54, 1.807) is 12.1 Å². The molecule has 0 amide bonds. The van der Waals surface area contributed by atoms with E-state index < -0.39 is 0 Å². The molecule has 1 aliphatic rings. The van der Waals surface area contributed by atoms with E-state index in [1.165, 1.54) is 25.3 Å². The summed E-state index contributed by atoms with van der Waals surface area (Å²) in [4.78, 5) is 2.30. The standard InChI is InChI=1S/C14H18Cl2FN/c15-9-13-4-2-1-3-7-18(13)10-11-5-6-12(16)8-14(11)17/h5-6,8,13H,1-4,7,9-10H2. The number of nitrogens with zero attached hydrogens (tertiary/aromatic N) is 1. The second-order valence-corrected chi connectivity index (χ2v) is 5.61. The van der Waals surface area contributed by atoms with Gasteiger partial charge in [0.05, 0.1) is 0 Å². The highest BCUT2D eigenvalue weighted by Crippen LogP contribution is 2.22. The Bertz CT molecular complexity index is 397. The van der Waals surface area contributed by atoms with Crippen molar-refractivity contribution in [3.63, 3.8) is 0 Å². The first-order valence-corrected chi connectivity index (χ1v) is 7.36. The van der Waals surface area contributed by atoms with Crippen LogP contribution in [0.4, 0.5) is 4.39 Å². The van der Waals surface area contributed by atoms with Gasteiger partial charge >= 0.3 is 0 Å². The summed E-state index contributed by atoms with van der Waals surface area (Å²) >= 11 is 11.8. The number of rotatable bonds is 3. The lowest BCUT2D eigenvalue weighted by Gasteiger charge is -2.28. The second kappa shape index (κ2) is 6.74. The van der Waals surface area contributed by atoms with Crippen LogP contribution in [0.2, 0.25) is 5.02 Å². The summed E-state index contributed by atoms with van der Waals surface area (Å²) in [5, 5.41) is 0.445. The third-order valence-corrected chi connectivity index (χ3v) is 4.16. The summed E-state index contributed by atoms with van der Waals surface area (Å²) in [6, 6.07) is 5.26. The van der Waals surface area contributed by atoms with Gasteiger partial charge < -0.3 is 0 Å². The molecule has 1 aromatic carbocycles. The van der Waals surface area contributed by atoms with E-state index in [-0.39, 0.29) is 5.82 Å². The van der Waals surface area contributed by atoms with Gasteiger partial charge in [-0.15, -0.1) is 11.6 Å². The molecule has 1 aliphatic heterocycles. The van der Waals surface area contributed by atoms with Crippen LogP contribution < -0.4 is 0 Å². The van der Waals surface area contributed by atoms with E-state index >= 15 is 0 Å². The molecule has 0 radical (unpaired) electrons. The van der Waals surface area contributed by atoms with Crippen molar-refractivity contribution in [3.05, 3.63) is 34.6 Å². The van der Waals surface area contributed by atoms with Crippen molar-refractivity contribution in [2.45, 2.75) is 38.3 Å². The molecule has 1 nitrogen and oxygen atoms in total. The van der Waals surface area contributed by atoms with E-state index in [9.17, 15) is 4.39 Å². The van der Waals surface area contributed by atoms with Gasteiger partial charge in [0.25, 0.3) is 0 Å². The highest BCUT2D eigenvalue weighted by Gasteiger charge is 2.21. The summed E-state index contributed by atoms with van der Waals surface area (Å²) in [5.74, 6) is 0.398. The van der Waals surface area contributed by atoms with Crippen LogP contribution in [0.15, 0.2) is 18.2 Å². The van der Waals surface area contributed by atoms with Crippen LogP contribution in [-0.4, -0.2) is 23.4 Å². The highest BCUT2D eigenvalue weighted by molar-refractivity contribution is 6.30. The maximum absolute atomic E-state index is 13.8. The molecule has 1 atom stereocenters. The van der Waals surface area contributed by atoms with Crippen molar-refractivity contribution < 1.29 is 4.39 Å². The van der Waals surface area contributed by atoms with Crippen molar-refractivity contribution in [2.24, 2.45) is 0 Å². The minimum Gasteiger partial charge on any atom is -0.295 e. The smallest absolute Gasteiger partial charge is 0.129 e. The molecule has 0 aromatic heterocycles. The van der Waals surface area contributed by atoms with Crippen molar-refractivity contribution >= 4 is 23.2 Å². The molecule has 0 aliphatic carbocycles. The Morgan fingerprint density at radius 3 is 2.83 bits per heavy atom. The normalized spacial score (nSPS) is 21.8. The highest BCUT2D eigenvalue weighted by atomic mass is 35.5. The maximum atomic E-state index is 13.8. The molecule has 0 spiro atoms. The lowest BCUT2D eigenvalue weighted by Crippen LogP contribution is -2.35. The molecule has 4 heteroatoms. The van der Waals surface area contributed by atoms with Crippen LogP contribution in [0, 0.1) is 5.82 Å². The van der Waals surface area contributed by atoms with Crippen LogP contribution in [0.1, 0.15) is 31.2 Å². The number of halogens is 3. The zero-order valence-corrected chi connectivity index (χ0v) is 11.9. The van der Waals surface area contributed by atoms with E-state index in [1.807, 2.05) is 0 Å². The van der Waals surface area contributed by atoms with Crippen LogP contribution in [-0.2, 0) is 6.54 Å². The van der Waals surface area contributed by atoms with Crippen molar-refractivity contribution in [2.75, 3.05) is 12.4 Å². The zero-order chi connectivity index (χ0) is 13.0. The maximum Gasteiger partial charge on any atom is 0.129 e. The number of benzene rings is 1. The fourth-order valence-corrected chi connectivity index (χ4v) is 3.00. The first-order chi connectivity index (χ1) is 8.70. The first kappa shape index (κ1) is 14.1. The monoisotopic (exact) mass is 289 g/mol. The van der Waals surface area contributed by atoms with Crippen LogP contribution in [0.3, 0.4) is 0 Å². The molecule has 100 valence electrons. The lowest BCUT2D eigenvalue weighted by molar-refractivity contribution is 0.205. The van der Waals surface area contributed by atoms with E-state index in [0.717, 1.165) is 13.0 Å². The molecule has 2 rings (SSSR count). The van der Waals surface area contributed by atoms with Gasteiger partial charge in [-0.3, -0.25) is 4.90 Å². The number of likely N-dealkylation sites (tertiary alicyclic amines) is 1. The second-order valence-electron chi connectivity index (χ2n) is 4.86. The summed E-state index contributed by atoms with van der Waals surface area (Å²) in [7, 11) is 0. The Kier molecular flexibility index (Phi) is 5.28. The van der Waals surface area contributed by atoms with Crippen molar-refractivity contribution in [1.29, 1.82) is 0 Å². The third-order valence-electron chi connectivity index (χ3n) is 3.57. The Labute approximate surface area is 118 Å². The Morgan fingerprint density at radius 2 is 2.11 bits per heavy atom.